The highest BCUT2D eigenvalue weighted by Gasteiger charge is 2.18. The van der Waals surface area contributed by atoms with E-state index in [9.17, 15) is 4.79 Å². The number of ether oxygens (including phenoxy) is 1. The number of rotatable bonds is 6. The molecule has 1 amide bonds. The number of carbonyl (C=O) groups is 1. The van der Waals surface area contributed by atoms with Crippen molar-refractivity contribution >= 4 is 16.7 Å². The number of hydrogen-bond acceptors (Lipinski definition) is 2. The Labute approximate surface area is 166 Å². The number of fused-ring (bicyclic) bond motifs is 1. The number of hydrogen-bond donors (Lipinski definition) is 2. The molecule has 0 aliphatic carbocycles. The molecule has 4 nitrogen and oxygen atoms in total. The van der Waals surface area contributed by atoms with Crippen LogP contribution in [0.5, 0.6) is 5.75 Å². The Morgan fingerprint density at radius 1 is 0.964 bits per heavy atom. The molecule has 1 heterocycles. The summed E-state index contributed by atoms with van der Waals surface area (Å²) in [7, 11) is 1.61. The van der Waals surface area contributed by atoms with Crippen LogP contribution in [0.2, 0.25) is 0 Å². The molecule has 1 aliphatic rings. The minimum Gasteiger partial charge on any atom is -0.496 e. The minimum atomic E-state index is -0.106. The fourth-order valence-corrected chi connectivity index (χ4v) is 4.06. The molecule has 1 fully saturated rings. The third-order valence-corrected chi connectivity index (χ3v) is 5.62. The van der Waals surface area contributed by atoms with Gasteiger partial charge in [-0.05, 0) is 28.5 Å². The van der Waals surface area contributed by atoms with Gasteiger partial charge in [0.2, 0.25) is 0 Å². The maximum atomic E-state index is 12.9. The second-order valence-corrected chi connectivity index (χ2v) is 7.48. The molecular formula is C24H27N2O2+. The van der Waals surface area contributed by atoms with Crippen LogP contribution in [-0.4, -0.2) is 26.1 Å². The van der Waals surface area contributed by atoms with Crippen molar-refractivity contribution in [2.45, 2.75) is 25.9 Å². The maximum Gasteiger partial charge on any atom is 0.255 e. The number of carbonyl (C=O) groups excluding carboxylic acids is 1. The quantitative estimate of drug-likeness (QED) is 0.696. The van der Waals surface area contributed by atoms with Gasteiger partial charge < -0.3 is 15.0 Å². The number of amides is 1. The van der Waals surface area contributed by atoms with Crippen LogP contribution in [0, 0.1) is 0 Å². The van der Waals surface area contributed by atoms with E-state index in [4.69, 9.17) is 4.74 Å². The van der Waals surface area contributed by atoms with Crippen LogP contribution >= 0.6 is 0 Å². The molecule has 0 spiro atoms. The predicted molar refractivity (Wildman–Crippen MR) is 112 cm³/mol. The van der Waals surface area contributed by atoms with Crippen molar-refractivity contribution in [1.29, 1.82) is 0 Å². The first-order chi connectivity index (χ1) is 13.7. The minimum absolute atomic E-state index is 0.106. The molecule has 4 rings (SSSR count). The summed E-state index contributed by atoms with van der Waals surface area (Å²) in [5.41, 5.74) is 3.09. The smallest absolute Gasteiger partial charge is 0.255 e. The third kappa shape index (κ3) is 4.02. The van der Waals surface area contributed by atoms with Crippen molar-refractivity contribution in [3.05, 3.63) is 77.4 Å². The molecule has 0 unspecified atom stereocenters. The first kappa shape index (κ1) is 18.5. The van der Waals surface area contributed by atoms with E-state index in [1.165, 1.54) is 37.1 Å². The molecule has 0 atom stereocenters. The zero-order valence-electron chi connectivity index (χ0n) is 16.3. The molecule has 3 aromatic carbocycles. The number of likely N-dealkylation sites (tertiary alicyclic amines) is 1. The number of benzene rings is 3. The lowest BCUT2D eigenvalue weighted by Crippen LogP contribution is -3.08. The molecule has 0 radical (unpaired) electrons. The van der Waals surface area contributed by atoms with Crippen LogP contribution in [0.4, 0.5) is 0 Å². The van der Waals surface area contributed by atoms with Gasteiger partial charge in [0.15, 0.2) is 0 Å². The summed E-state index contributed by atoms with van der Waals surface area (Å²) >= 11 is 0. The van der Waals surface area contributed by atoms with E-state index >= 15 is 0 Å². The molecule has 3 aromatic rings. The standard InChI is InChI=1S/C24H26N2O2/c1-28-23-15-19-9-3-2-8-18(19)14-22(23)24(27)25-16-20-10-4-5-11-21(20)17-26-12-6-7-13-26/h2-5,8-11,14-15H,6-7,12-13,16-17H2,1H3,(H,25,27)/p+1. The van der Waals surface area contributed by atoms with Gasteiger partial charge in [-0.2, -0.15) is 0 Å². The topological polar surface area (TPSA) is 42.8 Å². The Bertz CT molecular complexity index is 977. The highest BCUT2D eigenvalue weighted by atomic mass is 16.5. The summed E-state index contributed by atoms with van der Waals surface area (Å²) in [6, 6.07) is 20.3. The van der Waals surface area contributed by atoms with Crippen LogP contribution < -0.4 is 15.0 Å². The Balaban J connectivity index is 1.51. The van der Waals surface area contributed by atoms with Crippen molar-refractivity contribution in [2.24, 2.45) is 0 Å². The Morgan fingerprint density at radius 2 is 1.61 bits per heavy atom. The van der Waals surface area contributed by atoms with Crippen LogP contribution in [0.1, 0.15) is 34.3 Å². The van der Waals surface area contributed by atoms with Crippen molar-refractivity contribution in [2.75, 3.05) is 20.2 Å². The Hall–Kier alpha value is -2.85. The highest BCUT2D eigenvalue weighted by Crippen LogP contribution is 2.26. The average Bonchev–Trinajstić information content (AvgIpc) is 3.25. The van der Waals surface area contributed by atoms with Crippen LogP contribution in [-0.2, 0) is 13.1 Å². The summed E-state index contributed by atoms with van der Waals surface area (Å²) in [5, 5.41) is 5.19. The number of methoxy groups -OCH3 is 1. The molecule has 0 bridgehead atoms. The molecule has 0 aromatic heterocycles. The Morgan fingerprint density at radius 3 is 2.32 bits per heavy atom. The van der Waals surface area contributed by atoms with Crippen molar-refractivity contribution < 1.29 is 14.4 Å². The van der Waals surface area contributed by atoms with Gasteiger partial charge in [0, 0.05) is 24.9 Å². The van der Waals surface area contributed by atoms with E-state index in [2.05, 4.69) is 23.5 Å². The van der Waals surface area contributed by atoms with Crippen molar-refractivity contribution in [3.8, 4) is 5.75 Å². The van der Waals surface area contributed by atoms with Gasteiger partial charge in [0.25, 0.3) is 5.91 Å². The molecule has 0 saturated carbocycles. The molecule has 4 heteroatoms. The lowest BCUT2D eigenvalue weighted by atomic mass is 10.0. The van der Waals surface area contributed by atoms with E-state index in [0.29, 0.717) is 17.9 Å². The summed E-state index contributed by atoms with van der Waals surface area (Å²) in [4.78, 5) is 14.5. The van der Waals surface area contributed by atoms with Gasteiger partial charge in [0.1, 0.15) is 12.3 Å². The summed E-state index contributed by atoms with van der Waals surface area (Å²) in [6.07, 6.45) is 2.63. The van der Waals surface area contributed by atoms with Gasteiger partial charge in [-0.3, -0.25) is 4.79 Å². The second-order valence-electron chi connectivity index (χ2n) is 7.48. The first-order valence-corrected chi connectivity index (χ1v) is 10.00. The largest absolute Gasteiger partial charge is 0.496 e. The Kier molecular flexibility index (Phi) is 5.58. The van der Waals surface area contributed by atoms with Crippen molar-refractivity contribution in [1.82, 2.24) is 5.32 Å². The number of nitrogens with one attached hydrogen (secondary N) is 2. The zero-order valence-corrected chi connectivity index (χ0v) is 16.3. The fourth-order valence-electron chi connectivity index (χ4n) is 4.06. The third-order valence-electron chi connectivity index (χ3n) is 5.62. The lowest BCUT2D eigenvalue weighted by molar-refractivity contribution is -0.901. The van der Waals surface area contributed by atoms with Gasteiger partial charge >= 0.3 is 0 Å². The highest BCUT2D eigenvalue weighted by molar-refractivity contribution is 6.01. The summed E-state index contributed by atoms with van der Waals surface area (Å²) in [5.74, 6) is 0.497. The first-order valence-electron chi connectivity index (χ1n) is 10.00. The molecule has 28 heavy (non-hydrogen) atoms. The molecule has 2 N–H and O–H groups in total. The predicted octanol–water partition coefficient (Wildman–Crippen LogP) is 2.96. The van der Waals surface area contributed by atoms with E-state index in [1.54, 1.807) is 12.0 Å². The normalized spacial score (nSPS) is 14.3. The molecule has 1 saturated heterocycles. The molecular weight excluding hydrogens is 348 g/mol. The van der Waals surface area contributed by atoms with Gasteiger partial charge in [-0.15, -0.1) is 0 Å². The van der Waals surface area contributed by atoms with E-state index in [0.717, 1.165) is 17.3 Å². The van der Waals surface area contributed by atoms with Crippen LogP contribution in [0.25, 0.3) is 10.8 Å². The molecule has 144 valence electrons. The SMILES string of the molecule is COc1cc2ccccc2cc1C(=O)NCc1ccccc1C[NH+]1CCCC1. The summed E-state index contributed by atoms with van der Waals surface area (Å²) < 4.78 is 5.47. The van der Waals surface area contributed by atoms with E-state index in [1.807, 2.05) is 42.5 Å². The monoisotopic (exact) mass is 375 g/mol. The summed E-state index contributed by atoms with van der Waals surface area (Å²) in [6.45, 7) is 4.05. The number of quaternary nitrogens is 1. The van der Waals surface area contributed by atoms with Crippen LogP contribution in [0.15, 0.2) is 60.7 Å². The van der Waals surface area contributed by atoms with Gasteiger partial charge in [0.05, 0.1) is 25.8 Å². The average molecular weight is 375 g/mol. The van der Waals surface area contributed by atoms with Gasteiger partial charge in [-0.25, -0.2) is 0 Å². The maximum absolute atomic E-state index is 12.9. The van der Waals surface area contributed by atoms with Gasteiger partial charge in [-0.1, -0.05) is 48.5 Å². The van der Waals surface area contributed by atoms with Crippen molar-refractivity contribution in [3.63, 3.8) is 0 Å². The molecule has 1 aliphatic heterocycles. The zero-order chi connectivity index (χ0) is 19.3. The van der Waals surface area contributed by atoms with E-state index < -0.39 is 0 Å². The second kappa shape index (κ2) is 8.44. The van der Waals surface area contributed by atoms with E-state index in [-0.39, 0.29) is 5.91 Å². The lowest BCUT2D eigenvalue weighted by Gasteiger charge is -2.16. The fraction of sp³-hybridized carbons (Fsp3) is 0.292. The van der Waals surface area contributed by atoms with Crippen LogP contribution in [0.3, 0.4) is 0 Å².